The lowest BCUT2D eigenvalue weighted by molar-refractivity contribution is 0.121. The maximum absolute atomic E-state index is 9.39. The molecule has 0 saturated carbocycles. The number of rotatable bonds is 9. The van der Waals surface area contributed by atoms with Gasteiger partial charge in [-0.25, -0.2) is 0 Å². The third kappa shape index (κ3) is 6.17. The van der Waals surface area contributed by atoms with Gasteiger partial charge in [-0.2, -0.15) is 0 Å². The first kappa shape index (κ1) is 21.7. The summed E-state index contributed by atoms with van der Waals surface area (Å²) in [5.74, 6) is 0.797. The lowest BCUT2D eigenvalue weighted by Gasteiger charge is -2.31. The molecule has 0 fully saturated rings. The predicted octanol–water partition coefficient (Wildman–Crippen LogP) is 3.34. The summed E-state index contributed by atoms with van der Waals surface area (Å²) < 4.78 is 5.23. The number of methoxy groups -OCH3 is 1. The molecule has 2 N–H and O–H groups in total. The number of benzene rings is 2. The minimum absolute atomic E-state index is 0. The molecule has 0 aliphatic rings. The molecule has 0 aliphatic carbocycles. The SMILES string of the molecule is COc1ccc(C(Cc2ccccc2Cl)N(CCO)CCO)cc1.Cl. The smallest absolute Gasteiger partial charge is 0.118 e. The molecule has 0 spiro atoms. The topological polar surface area (TPSA) is 52.9 Å². The van der Waals surface area contributed by atoms with E-state index in [2.05, 4.69) is 4.90 Å². The Morgan fingerprint density at radius 2 is 1.60 bits per heavy atom. The molecule has 2 rings (SSSR count). The highest BCUT2D eigenvalue weighted by atomic mass is 35.5. The molecule has 4 nitrogen and oxygen atoms in total. The van der Waals surface area contributed by atoms with Crippen molar-refractivity contribution in [2.75, 3.05) is 33.4 Å². The first-order valence-corrected chi connectivity index (χ1v) is 8.40. The first-order valence-electron chi connectivity index (χ1n) is 8.02. The molecule has 0 heterocycles. The predicted molar refractivity (Wildman–Crippen MR) is 104 cm³/mol. The molecule has 25 heavy (non-hydrogen) atoms. The number of aliphatic hydroxyl groups excluding tert-OH is 2. The van der Waals surface area contributed by atoms with Crippen molar-refractivity contribution in [2.45, 2.75) is 12.5 Å². The Bertz CT molecular complexity index is 616. The van der Waals surface area contributed by atoms with Crippen LogP contribution in [0.3, 0.4) is 0 Å². The van der Waals surface area contributed by atoms with Crippen LogP contribution >= 0.6 is 24.0 Å². The van der Waals surface area contributed by atoms with Gasteiger partial charge in [0.2, 0.25) is 0 Å². The van der Waals surface area contributed by atoms with Gasteiger partial charge in [0, 0.05) is 24.2 Å². The lowest BCUT2D eigenvalue weighted by atomic mass is 9.97. The summed E-state index contributed by atoms with van der Waals surface area (Å²) in [5.41, 5.74) is 2.14. The molecule has 0 radical (unpaired) electrons. The second kappa shape index (κ2) is 11.3. The fourth-order valence-corrected chi connectivity index (χ4v) is 3.05. The molecule has 0 bridgehead atoms. The van der Waals surface area contributed by atoms with Crippen LogP contribution in [0.4, 0.5) is 0 Å². The molecule has 1 atom stereocenters. The summed E-state index contributed by atoms with van der Waals surface area (Å²) in [6.45, 7) is 1.05. The van der Waals surface area contributed by atoms with Crippen molar-refractivity contribution < 1.29 is 14.9 Å². The Kier molecular flexibility index (Phi) is 9.86. The van der Waals surface area contributed by atoms with E-state index >= 15 is 0 Å². The van der Waals surface area contributed by atoms with E-state index in [0.717, 1.165) is 21.9 Å². The normalized spacial score (nSPS) is 11.9. The van der Waals surface area contributed by atoms with Crippen molar-refractivity contribution in [2.24, 2.45) is 0 Å². The average molecular weight is 386 g/mol. The monoisotopic (exact) mass is 385 g/mol. The van der Waals surface area contributed by atoms with Crippen LogP contribution < -0.4 is 4.74 Å². The van der Waals surface area contributed by atoms with E-state index in [1.807, 2.05) is 48.5 Å². The number of hydrogen-bond acceptors (Lipinski definition) is 4. The largest absolute Gasteiger partial charge is 0.497 e. The number of hydrogen-bond donors (Lipinski definition) is 2. The number of ether oxygens (including phenoxy) is 1. The maximum Gasteiger partial charge on any atom is 0.118 e. The second-order valence-electron chi connectivity index (χ2n) is 5.57. The molecule has 6 heteroatoms. The zero-order chi connectivity index (χ0) is 17.4. The van der Waals surface area contributed by atoms with E-state index in [1.54, 1.807) is 7.11 Å². The van der Waals surface area contributed by atoms with Crippen LogP contribution in [0.5, 0.6) is 5.75 Å². The van der Waals surface area contributed by atoms with Gasteiger partial charge >= 0.3 is 0 Å². The first-order chi connectivity index (χ1) is 11.7. The molecule has 0 aliphatic heterocycles. The van der Waals surface area contributed by atoms with Crippen LogP contribution in [0.1, 0.15) is 17.2 Å². The highest BCUT2D eigenvalue weighted by Gasteiger charge is 2.21. The Labute approximate surface area is 160 Å². The highest BCUT2D eigenvalue weighted by Crippen LogP contribution is 2.29. The van der Waals surface area contributed by atoms with Gasteiger partial charge in [0.15, 0.2) is 0 Å². The van der Waals surface area contributed by atoms with Gasteiger partial charge in [0.1, 0.15) is 5.75 Å². The zero-order valence-electron chi connectivity index (χ0n) is 14.3. The highest BCUT2D eigenvalue weighted by molar-refractivity contribution is 6.31. The average Bonchev–Trinajstić information content (AvgIpc) is 2.61. The Morgan fingerprint density at radius 3 is 2.12 bits per heavy atom. The van der Waals surface area contributed by atoms with Gasteiger partial charge in [-0.15, -0.1) is 12.4 Å². The van der Waals surface area contributed by atoms with Crippen LogP contribution in [0.15, 0.2) is 48.5 Å². The van der Waals surface area contributed by atoms with Crippen molar-refractivity contribution in [3.8, 4) is 5.75 Å². The fraction of sp³-hybridized carbons (Fsp3) is 0.368. The van der Waals surface area contributed by atoms with Gasteiger partial charge < -0.3 is 14.9 Å². The summed E-state index contributed by atoms with van der Waals surface area (Å²) in [7, 11) is 1.64. The van der Waals surface area contributed by atoms with Gasteiger partial charge in [-0.1, -0.05) is 41.9 Å². The van der Waals surface area contributed by atoms with E-state index in [0.29, 0.717) is 19.5 Å². The van der Waals surface area contributed by atoms with E-state index < -0.39 is 0 Å². The minimum Gasteiger partial charge on any atom is -0.497 e. The number of nitrogens with zero attached hydrogens (tertiary/aromatic N) is 1. The molecule has 2 aromatic carbocycles. The third-order valence-electron chi connectivity index (χ3n) is 4.09. The number of aliphatic hydroxyl groups is 2. The van der Waals surface area contributed by atoms with Crippen molar-refractivity contribution in [1.82, 2.24) is 4.90 Å². The Hall–Kier alpha value is -1.30. The molecule has 0 amide bonds. The van der Waals surface area contributed by atoms with E-state index in [9.17, 15) is 10.2 Å². The van der Waals surface area contributed by atoms with Gasteiger partial charge in [0.05, 0.1) is 20.3 Å². The molecule has 2 aromatic rings. The second-order valence-corrected chi connectivity index (χ2v) is 5.97. The van der Waals surface area contributed by atoms with Gasteiger partial charge in [-0.05, 0) is 35.7 Å². The van der Waals surface area contributed by atoms with Crippen LogP contribution in [0.2, 0.25) is 5.02 Å². The van der Waals surface area contributed by atoms with E-state index in [1.165, 1.54) is 0 Å². The molecular formula is C19H25Cl2NO3. The molecule has 138 valence electrons. The van der Waals surface area contributed by atoms with Crippen molar-refractivity contribution in [3.05, 3.63) is 64.7 Å². The number of halogens is 2. The summed E-state index contributed by atoms with van der Waals surface area (Å²) in [6.07, 6.45) is 0.700. The quantitative estimate of drug-likeness (QED) is 0.694. The molecule has 1 unspecified atom stereocenters. The standard InChI is InChI=1S/C19H24ClNO3.ClH/c1-24-17-8-6-15(7-9-17)19(21(10-12-22)11-13-23)14-16-4-2-3-5-18(16)20;/h2-9,19,22-23H,10-14H2,1H3;1H. The third-order valence-corrected chi connectivity index (χ3v) is 4.46. The zero-order valence-corrected chi connectivity index (χ0v) is 15.8. The fourth-order valence-electron chi connectivity index (χ4n) is 2.84. The van der Waals surface area contributed by atoms with Gasteiger partial charge in [-0.3, -0.25) is 4.90 Å². The van der Waals surface area contributed by atoms with Crippen LogP contribution in [0.25, 0.3) is 0 Å². The van der Waals surface area contributed by atoms with Crippen molar-refractivity contribution >= 4 is 24.0 Å². The summed E-state index contributed by atoms with van der Waals surface area (Å²) >= 11 is 6.32. The van der Waals surface area contributed by atoms with Crippen molar-refractivity contribution in [1.29, 1.82) is 0 Å². The summed E-state index contributed by atoms with van der Waals surface area (Å²) in [5, 5.41) is 19.5. The molecule has 0 aromatic heterocycles. The Balaban J connectivity index is 0.00000312. The Morgan fingerprint density at radius 1 is 1.00 bits per heavy atom. The van der Waals surface area contributed by atoms with Crippen LogP contribution in [0, 0.1) is 0 Å². The molecule has 0 saturated heterocycles. The lowest BCUT2D eigenvalue weighted by Crippen LogP contribution is -2.35. The minimum atomic E-state index is 0. The van der Waals surface area contributed by atoms with Crippen molar-refractivity contribution in [3.63, 3.8) is 0 Å². The summed E-state index contributed by atoms with van der Waals surface area (Å²) in [4.78, 5) is 2.07. The summed E-state index contributed by atoms with van der Waals surface area (Å²) in [6, 6.07) is 15.6. The molecular weight excluding hydrogens is 361 g/mol. The van der Waals surface area contributed by atoms with E-state index in [-0.39, 0.29) is 31.7 Å². The van der Waals surface area contributed by atoms with Crippen LogP contribution in [-0.2, 0) is 6.42 Å². The van der Waals surface area contributed by atoms with Gasteiger partial charge in [0.25, 0.3) is 0 Å². The maximum atomic E-state index is 9.39. The van der Waals surface area contributed by atoms with E-state index in [4.69, 9.17) is 16.3 Å². The van der Waals surface area contributed by atoms with Crippen LogP contribution in [-0.4, -0.2) is 48.5 Å².